The smallest absolute Gasteiger partial charge is 0.263 e. The highest BCUT2D eigenvalue weighted by Gasteiger charge is 2.16. The van der Waals surface area contributed by atoms with Crippen LogP contribution in [0.1, 0.15) is 11.1 Å². The maximum Gasteiger partial charge on any atom is 0.263 e. The maximum atomic E-state index is 12.3. The molecule has 106 valence electrons. The molecule has 1 aromatic heterocycles. The summed E-state index contributed by atoms with van der Waals surface area (Å²) in [7, 11) is -3.66. The molecule has 1 heterocycles. The van der Waals surface area contributed by atoms with E-state index in [1.165, 1.54) is 18.3 Å². The summed E-state index contributed by atoms with van der Waals surface area (Å²) in [5.41, 5.74) is 4.66. The third kappa shape index (κ3) is 2.89. The lowest BCUT2D eigenvalue weighted by atomic mass is 10.1. The zero-order valence-corrected chi connectivity index (χ0v) is 12.0. The lowest BCUT2D eigenvalue weighted by Gasteiger charge is -2.13. The molecule has 1 aromatic carbocycles. The van der Waals surface area contributed by atoms with E-state index < -0.39 is 10.0 Å². The van der Waals surface area contributed by atoms with Gasteiger partial charge < -0.3 is 5.43 Å². The van der Waals surface area contributed by atoms with Gasteiger partial charge in [0.15, 0.2) is 0 Å². The highest BCUT2D eigenvalue weighted by molar-refractivity contribution is 7.92. The van der Waals surface area contributed by atoms with Crippen LogP contribution in [0.3, 0.4) is 0 Å². The molecule has 0 spiro atoms. The molecule has 0 saturated carbocycles. The fourth-order valence-electron chi connectivity index (χ4n) is 1.79. The Balaban J connectivity index is 2.35. The molecular weight excluding hydrogens is 276 g/mol. The van der Waals surface area contributed by atoms with E-state index in [-0.39, 0.29) is 4.90 Å². The van der Waals surface area contributed by atoms with Gasteiger partial charge in [-0.1, -0.05) is 18.2 Å². The van der Waals surface area contributed by atoms with Crippen LogP contribution in [0.15, 0.2) is 41.4 Å². The highest BCUT2D eigenvalue weighted by atomic mass is 32.2. The molecule has 0 aliphatic rings. The van der Waals surface area contributed by atoms with E-state index in [0.717, 1.165) is 11.1 Å². The number of aromatic nitrogens is 1. The van der Waals surface area contributed by atoms with Gasteiger partial charge in [-0.15, -0.1) is 0 Å². The predicted octanol–water partition coefficient (Wildman–Crippen LogP) is 1.78. The number of nitrogens with zero attached hydrogens (tertiary/aromatic N) is 1. The van der Waals surface area contributed by atoms with Crippen molar-refractivity contribution in [1.29, 1.82) is 0 Å². The van der Waals surface area contributed by atoms with Gasteiger partial charge >= 0.3 is 0 Å². The molecule has 0 atom stereocenters. The molecule has 2 aromatic rings. The third-order valence-corrected chi connectivity index (χ3v) is 4.25. The van der Waals surface area contributed by atoms with E-state index >= 15 is 0 Å². The molecule has 0 fully saturated rings. The van der Waals surface area contributed by atoms with Gasteiger partial charge in [-0.2, -0.15) is 0 Å². The fraction of sp³-hybridized carbons (Fsp3) is 0.154. The zero-order chi connectivity index (χ0) is 14.8. The highest BCUT2D eigenvalue weighted by Crippen LogP contribution is 2.23. The number of rotatable bonds is 4. The third-order valence-electron chi connectivity index (χ3n) is 2.91. The van der Waals surface area contributed by atoms with Crippen LogP contribution in [0.25, 0.3) is 0 Å². The first-order valence-corrected chi connectivity index (χ1v) is 7.44. The predicted molar refractivity (Wildman–Crippen MR) is 78.8 cm³/mol. The van der Waals surface area contributed by atoms with Crippen molar-refractivity contribution < 1.29 is 8.42 Å². The number of hydrogen-bond acceptors (Lipinski definition) is 5. The average molecular weight is 292 g/mol. The number of para-hydroxylation sites is 1. The van der Waals surface area contributed by atoms with Crippen LogP contribution in [0, 0.1) is 13.8 Å². The van der Waals surface area contributed by atoms with Crippen molar-refractivity contribution in [2.24, 2.45) is 5.84 Å². The van der Waals surface area contributed by atoms with Crippen molar-refractivity contribution in [3.8, 4) is 0 Å². The average Bonchev–Trinajstić information content (AvgIpc) is 2.43. The Kier molecular flexibility index (Phi) is 3.91. The van der Waals surface area contributed by atoms with Crippen LogP contribution < -0.4 is 16.0 Å². The van der Waals surface area contributed by atoms with Crippen LogP contribution in [-0.4, -0.2) is 13.4 Å². The van der Waals surface area contributed by atoms with Crippen LogP contribution >= 0.6 is 0 Å². The largest absolute Gasteiger partial charge is 0.308 e. The molecule has 0 radical (unpaired) electrons. The molecule has 0 bridgehead atoms. The van der Waals surface area contributed by atoms with Crippen molar-refractivity contribution in [1.82, 2.24) is 4.98 Å². The molecule has 0 saturated heterocycles. The van der Waals surface area contributed by atoms with Crippen molar-refractivity contribution in [2.75, 3.05) is 10.1 Å². The molecule has 0 amide bonds. The normalized spacial score (nSPS) is 11.2. The lowest BCUT2D eigenvalue weighted by molar-refractivity contribution is 0.600. The van der Waals surface area contributed by atoms with E-state index in [0.29, 0.717) is 11.5 Å². The number of benzene rings is 1. The lowest BCUT2D eigenvalue weighted by Crippen LogP contribution is -2.15. The van der Waals surface area contributed by atoms with Crippen molar-refractivity contribution in [3.63, 3.8) is 0 Å². The Bertz CT molecular complexity index is 691. The molecule has 20 heavy (non-hydrogen) atoms. The number of nitrogen functional groups attached to an aromatic ring is 1. The van der Waals surface area contributed by atoms with Gasteiger partial charge in [-0.25, -0.2) is 19.2 Å². The number of hydrogen-bond donors (Lipinski definition) is 3. The first kappa shape index (κ1) is 14.3. The maximum absolute atomic E-state index is 12.3. The van der Waals surface area contributed by atoms with Crippen molar-refractivity contribution >= 4 is 21.5 Å². The summed E-state index contributed by atoms with van der Waals surface area (Å²) in [5, 5.41) is 0. The SMILES string of the molecule is Cc1cccc(C)c1NS(=O)(=O)c1ccc(NN)nc1. The van der Waals surface area contributed by atoms with E-state index in [1.54, 1.807) is 0 Å². The van der Waals surface area contributed by atoms with E-state index in [4.69, 9.17) is 5.84 Å². The van der Waals surface area contributed by atoms with Gasteiger partial charge in [-0.05, 0) is 37.1 Å². The minimum atomic E-state index is -3.66. The molecule has 6 nitrogen and oxygen atoms in total. The van der Waals surface area contributed by atoms with Gasteiger partial charge in [0.25, 0.3) is 10.0 Å². The fourth-order valence-corrected chi connectivity index (χ4v) is 2.94. The summed E-state index contributed by atoms with van der Waals surface area (Å²) in [6, 6.07) is 8.53. The summed E-state index contributed by atoms with van der Waals surface area (Å²) >= 11 is 0. The molecule has 0 aliphatic heterocycles. The van der Waals surface area contributed by atoms with Gasteiger partial charge in [-0.3, -0.25) is 4.72 Å². The summed E-state index contributed by atoms with van der Waals surface area (Å²) in [6.07, 6.45) is 1.26. The summed E-state index contributed by atoms with van der Waals surface area (Å²) in [4.78, 5) is 3.98. The van der Waals surface area contributed by atoms with E-state index in [9.17, 15) is 8.42 Å². The van der Waals surface area contributed by atoms with Crippen molar-refractivity contribution in [3.05, 3.63) is 47.7 Å². The summed E-state index contributed by atoms with van der Waals surface area (Å²) in [6.45, 7) is 3.70. The second-order valence-corrected chi connectivity index (χ2v) is 6.08. The van der Waals surface area contributed by atoms with Crippen LogP contribution in [-0.2, 0) is 10.0 Å². The Morgan fingerprint density at radius 1 is 1.10 bits per heavy atom. The molecule has 2 rings (SSSR count). The van der Waals surface area contributed by atoms with Crippen LogP contribution in [0.5, 0.6) is 0 Å². The quantitative estimate of drug-likeness (QED) is 0.589. The Labute approximate surface area is 118 Å². The summed E-state index contributed by atoms with van der Waals surface area (Å²) in [5.74, 6) is 5.59. The first-order chi connectivity index (χ1) is 9.44. The molecule has 0 aliphatic carbocycles. The standard InChI is InChI=1S/C13H16N4O2S/c1-9-4-3-5-10(2)13(9)17-20(18,19)11-6-7-12(16-14)15-8-11/h3-8,17H,14H2,1-2H3,(H,15,16). The molecule has 7 heteroatoms. The van der Waals surface area contributed by atoms with Gasteiger partial charge in [0.2, 0.25) is 0 Å². The Hall–Kier alpha value is -2.12. The number of sulfonamides is 1. The second kappa shape index (κ2) is 5.48. The minimum Gasteiger partial charge on any atom is -0.308 e. The van der Waals surface area contributed by atoms with Crippen LogP contribution in [0.2, 0.25) is 0 Å². The molecule has 0 unspecified atom stereocenters. The Morgan fingerprint density at radius 3 is 2.25 bits per heavy atom. The number of nitrogens with two attached hydrogens (primary N) is 1. The van der Waals surface area contributed by atoms with Gasteiger partial charge in [0.05, 0.1) is 5.69 Å². The van der Waals surface area contributed by atoms with Gasteiger partial charge in [0.1, 0.15) is 10.7 Å². The minimum absolute atomic E-state index is 0.0825. The van der Waals surface area contributed by atoms with Crippen LogP contribution in [0.4, 0.5) is 11.5 Å². The number of pyridine rings is 1. The topological polar surface area (TPSA) is 97.1 Å². The zero-order valence-electron chi connectivity index (χ0n) is 11.2. The first-order valence-electron chi connectivity index (χ1n) is 5.96. The van der Waals surface area contributed by atoms with Gasteiger partial charge in [0, 0.05) is 6.20 Å². The molecular formula is C13H16N4O2S. The number of hydrazine groups is 1. The summed E-state index contributed by atoms with van der Waals surface area (Å²) < 4.78 is 27.2. The number of nitrogens with one attached hydrogen (secondary N) is 2. The Morgan fingerprint density at radius 2 is 1.75 bits per heavy atom. The monoisotopic (exact) mass is 292 g/mol. The number of aryl methyl sites for hydroxylation is 2. The van der Waals surface area contributed by atoms with E-state index in [2.05, 4.69) is 15.1 Å². The molecule has 4 N–H and O–H groups in total. The van der Waals surface area contributed by atoms with Crippen molar-refractivity contribution in [2.45, 2.75) is 18.7 Å². The van der Waals surface area contributed by atoms with E-state index in [1.807, 2.05) is 32.0 Å². The second-order valence-electron chi connectivity index (χ2n) is 4.40. The number of anilines is 2.